The van der Waals surface area contributed by atoms with Crippen molar-refractivity contribution in [3.63, 3.8) is 0 Å². The summed E-state index contributed by atoms with van der Waals surface area (Å²) < 4.78 is 41.2. The summed E-state index contributed by atoms with van der Waals surface area (Å²) in [5.41, 5.74) is 1.59. The van der Waals surface area contributed by atoms with Gasteiger partial charge >= 0.3 is 12.2 Å². The molecule has 2 amide bonds. The van der Waals surface area contributed by atoms with E-state index < -0.39 is 34.4 Å². The summed E-state index contributed by atoms with van der Waals surface area (Å²) in [4.78, 5) is 31.2. The summed E-state index contributed by atoms with van der Waals surface area (Å²) in [7, 11) is -2.35. The molecule has 3 fully saturated rings. The number of thiazole rings is 1. The Hall–Kier alpha value is -3.46. The van der Waals surface area contributed by atoms with Crippen molar-refractivity contribution in [2.24, 2.45) is 5.92 Å². The molecule has 2 aliphatic carbocycles. The quantitative estimate of drug-likeness (QED) is 0.243. The first kappa shape index (κ1) is 32.5. The smallest absolute Gasteiger partial charge is 0.410 e. The molecule has 2 aromatic carbocycles. The number of amides is 2. The van der Waals surface area contributed by atoms with Gasteiger partial charge in [0.25, 0.3) is 0 Å². The van der Waals surface area contributed by atoms with E-state index in [1.807, 2.05) is 44.2 Å². The molecule has 3 aliphatic rings. The van der Waals surface area contributed by atoms with E-state index in [-0.39, 0.29) is 48.6 Å². The number of nitrogens with one attached hydrogen (secondary N) is 2. The zero-order valence-electron chi connectivity index (χ0n) is 26.2. The number of carbonyl (C=O) groups is 2. The number of alkyl carbamates (subject to hydrolysis) is 1. The number of anilines is 1. The van der Waals surface area contributed by atoms with Crippen LogP contribution in [0.3, 0.4) is 0 Å². The Labute approximate surface area is 273 Å². The molecule has 0 bridgehead atoms. The fourth-order valence-electron chi connectivity index (χ4n) is 6.09. The third-order valence-electron chi connectivity index (χ3n) is 8.67. The third-order valence-corrected chi connectivity index (χ3v) is 11.4. The van der Waals surface area contributed by atoms with Crippen molar-refractivity contribution in [3.8, 4) is 0 Å². The second kappa shape index (κ2) is 13.3. The van der Waals surface area contributed by atoms with Gasteiger partial charge < -0.3 is 30.1 Å². The van der Waals surface area contributed by atoms with Crippen molar-refractivity contribution in [2.45, 2.75) is 87.3 Å². The zero-order valence-corrected chi connectivity index (χ0v) is 27.8. The second-order valence-electron chi connectivity index (χ2n) is 12.9. The van der Waals surface area contributed by atoms with Crippen LogP contribution in [0.2, 0.25) is 0 Å². The summed E-state index contributed by atoms with van der Waals surface area (Å²) in [6.07, 6.45) is 0.171. The molecule has 3 aromatic rings. The number of rotatable bonds is 13. The van der Waals surface area contributed by atoms with Crippen molar-refractivity contribution in [1.29, 1.82) is 0 Å². The first-order valence-electron chi connectivity index (χ1n) is 15.8. The van der Waals surface area contributed by atoms with Crippen LogP contribution in [0.5, 0.6) is 0 Å². The molecular weight excluding hydrogens is 631 g/mol. The van der Waals surface area contributed by atoms with Crippen LogP contribution < -0.4 is 10.6 Å². The summed E-state index contributed by atoms with van der Waals surface area (Å²) in [6, 6.07) is 13.7. The molecule has 1 aliphatic heterocycles. The summed E-state index contributed by atoms with van der Waals surface area (Å²) in [5.74, 6) is -0.0250. The summed E-state index contributed by atoms with van der Waals surface area (Å²) in [6.45, 7) is 3.77. The van der Waals surface area contributed by atoms with Crippen molar-refractivity contribution in [2.75, 3.05) is 25.5 Å². The van der Waals surface area contributed by atoms with Gasteiger partial charge in [0.15, 0.2) is 5.13 Å². The molecule has 5 atom stereocenters. The van der Waals surface area contributed by atoms with E-state index in [2.05, 4.69) is 15.6 Å². The molecule has 2 saturated carbocycles. The van der Waals surface area contributed by atoms with E-state index in [0.717, 1.165) is 33.8 Å². The Bertz CT molecular complexity index is 1660. The number of ether oxygens (including phenoxy) is 2. The molecule has 1 aromatic heterocycles. The van der Waals surface area contributed by atoms with Crippen molar-refractivity contribution < 1.29 is 32.6 Å². The lowest BCUT2D eigenvalue weighted by atomic mass is 10.0. The fourth-order valence-corrected chi connectivity index (χ4v) is 8.80. The number of nitrogens with zero attached hydrogens (tertiary/aromatic N) is 3. The van der Waals surface area contributed by atoms with Crippen LogP contribution in [0.4, 0.5) is 14.7 Å². The number of aromatic nitrogens is 1. The SMILES string of the molecule is CC(C)CN(C[C@@H](O)[C@H](Cc1ccccc1)NC(=O)O[C@H]1C[C@H]2OC(=O)N(C)[C@H]2C1)S(=O)(=O)c1ccc2nc(NC3CC3)sc2c1. The molecule has 12 nitrogen and oxygen atoms in total. The largest absolute Gasteiger partial charge is 0.446 e. The lowest BCUT2D eigenvalue weighted by Gasteiger charge is -2.31. The lowest BCUT2D eigenvalue weighted by Crippen LogP contribution is -2.51. The van der Waals surface area contributed by atoms with Gasteiger partial charge in [0.05, 0.1) is 33.3 Å². The number of hydrogen-bond donors (Lipinski definition) is 3. The number of aliphatic hydroxyl groups is 1. The van der Waals surface area contributed by atoms with Gasteiger partial charge in [0.1, 0.15) is 12.2 Å². The highest BCUT2D eigenvalue weighted by atomic mass is 32.2. The van der Waals surface area contributed by atoms with Gasteiger partial charge in [-0.15, -0.1) is 0 Å². The summed E-state index contributed by atoms with van der Waals surface area (Å²) in [5, 5.41) is 18.5. The Kier molecular flexibility index (Phi) is 9.42. The minimum Gasteiger partial charge on any atom is -0.446 e. The zero-order chi connectivity index (χ0) is 32.6. The topological polar surface area (TPSA) is 150 Å². The highest BCUT2D eigenvalue weighted by molar-refractivity contribution is 7.89. The molecule has 0 unspecified atom stereocenters. The average molecular weight is 672 g/mol. The Balaban J connectivity index is 1.18. The highest BCUT2D eigenvalue weighted by Gasteiger charge is 2.48. The number of sulfonamides is 1. The minimum atomic E-state index is -4.01. The van der Waals surface area contributed by atoms with E-state index >= 15 is 0 Å². The van der Waals surface area contributed by atoms with Gasteiger partial charge in [-0.05, 0) is 48.9 Å². The van der Waals surface area contributed by atoms with Gasteiger partial charge in [-0.2, -0.15) is 4.31 Å². The van der Waals surface area contributed by atoms with Gasteiger partial charge in [-0.25, -0.2) is 23.0 Å². The molecule has 46 heavy (non-hydrogen) atoms. The maximum atomic E-state index is 14.1. The van der Waals surface area contributed by atoms with Gasteiger partial charge in [0.2, 0.25) is 10.0 Å². The van der Waals surface area contributed by atoms with Crippen LogP contribution in [0.1, 0.15) is 45.1 Å². The lowest BCUT2D eigenvalue weighted by molar-refractivity contribution is 0.0624. The molecular formula is C32H41N5O7S2. The number of benzene rings is 2. The van der Waals surface area contributed by atoms with Crippen LogP contribution in [-0.4, -0.2) is 96.5 Å². The normalized spacial score (nSPS) is 22.6. The van der Waals surface area contributed by atoms with Crippen molar-refractivity contribution >= 4 is 48.9 Å². The summed E-state index contributed by atoms with van der Waals surface area (Å²) >= 11 is 1.42. The van der Waals surface area contributed by atoms with Crippen molar-refractivity contribution in [3.05, 3.63) is 54.1 Å². The Morgan fingerprint density at radius 2 is 1.93 bits per heavy atom. The van der Waals surface area contributed by atoms with Crippen LogP contribution in [0, 0.1) is 5.92 Å². The molecule has 1 saturated heterocycles. The van der Waals surface area contributed by atoms with E-state index in [1.165, 1.54) is 20.5 Å². The van der Waals surface area contributed by atoms with Crippen LogP contribution >= 0.6 is 11.3 Å². The van der Waals surface area contributed by atoms with Crippen LogP contribution in [0.25, 0.3) is 10.2 Å². The van der Waals surface area contributed by atoms with E-state index in [0.29, 0.717) is 18.9 Å². The standard InChI is InChI=1S/C32H41N5O7S2/c1-19(2)17-37(46(41,42)23-11-12-24-29(16-23)45-30(34-24)33-21-9-10-21)18-27(38)25(13-20-7-5-4-6-8-20)35-31(39)43-22-14-26-28(15-22)44-32(40)36(26)3/h4-8,11-12,16,19,21-22,25-28,38H,9-10,13-15,17-18H2,1-3H3,(H,33,34)(H,35,39)/t22-,25+,26+,27-,28-/m1/s1. The monoisotopic (exact) mass is 671 g/mol. The minimum absolute atomic E-state index is 0.0250. The predicted molar refractivity (Wildman–Crippen MR) is 174 cm³/mol. The van der Waals surface area contributed by atoms with Crippen LogP contribution in [-0.2, 0) is 25.9 Å². The average Bonchev–Trinajstić information content (AvgIpc) is 3.50. The first-order valence-corrected chi connectivity index (χ1v) is 18.0. The molecule has 14 heteroatoms. The number of likely N-dealkylation sites (N-methyl/N-ethyl adjacent to an activating group) is 1. The molecule has 248 valence electrons. The molecule has 0 spiro atoms. The van der Waals surface area contributed by atoms with E-state index in [4.69, 9.17) is 9.47 Å². The van der Waals surface area contributed by atoms with Crippen molar-refractivity contribution in [1.82, 2.24) is 19.5 Å². The van der Waals surface area contributed by atoms with Crippen LogP contribution in [0.15, 0.2) is 53.4 Å². The molecule has 0 radical (unpaired) electrons. The van der Waals surface area contributed by atoms with E-state index in [1.54, 1.807) is 25.2 Å². The molecule has 2 heterocycles. The number of hydrogen-bond acceptors (Lipinski definition) is 10. The number of fused-ring (bicyclic) bond motifs is 2. The second-order valence-corrected chi connectivity index (χ2v) is 15.9. The van der Waals surface area contributed by atoms with Gasteiger partial charge in [-0.1, -0.05) is 55.5 Å². The maximum Gasteiger partial charge on any atom is 0.410 e. The van der Waals surface area contributed by atoms with Gasteiger partial charge in [-0.3, -0.25) is 0 Å². The Morgan fingerprint density at radius 3 is 2.63 bits per heavy atom. The number of carbonyl (C=O) groups excluding carboxylic acids is 2. The predicted octanol–water partition coefficient (Wildman–Crippen LogP) is 4.20. The Morgan fingerprint density at radius 1 is 1.17 bits per heavy atom. The maximum absolute atomic E-state index is 14.1. The molecule has 6 rings (SSSR count). The highest BCUT2D eigenvalue weighted by Crippen LogP contribution is 2.35. The van der Waals surface area contributed by atoms with E-state index in [9.17, 15) is 23.1 Å². The first-order chi connectivity index (χ1) is 22.0. The number of aliphatic hydroxyl groups excluding tert-OH is 1. The molecule has 3 N–H and O–H groups in total. The third kappa shape index (κ3) is 7.40. The van der Waals surface area contributed by atoms with Gasteiger partial charge in [0, 0.05) is 39.0 Å². The fraction of sp³-hybridized carbons (Fsp3) is 0.531.